The van der Waals surface area contributed by atoms with E-state index in [-0.39, 0.29) is 5.82 Å². The maximum absolute atomic E-state index is 13.0. The summed E-state index contributed by atoms with van der Waals surface area (Å²) in [5.41, 5.74) is 6.41. The van der Waals surface area contributed by atoms with Gasteiger partial charge in [-0.25, -0.2) is 9.37 Å². The molecular formula is C10H9ClFN3. The Morgan fingerprint density at radius 3 is 2.93 bits per heavy atom. The molecule has 0 aliphatic rings. The minimum atomic E-state index is -0.539. The number of imidazole rings is 1. The summed E-state index contributed by atoms with van der Waals surface area (Å²) in [7, 11) is 0. The van der Waals surface area contributed by atoms with Crippen LogP contribution >= 0.6 is 11.6 Å². The molecule has 1 unspecified atom stereocenters. The first-order valence-electron chi connectivity index (χ1n) is 4.38. The Balaban J connectivity index is 2.41. The number of nitrogens with two attached hydrogens (primary N) is 1. The third-order valence-corrected chi connectivity index (χ3v) is 2.45. The predicted molar refractivity (Wildman–Crippen MR) is 56.0 cm³/mol. The van der Waals surface area contributed by atoms with Crippen LogP contribution in [0.2, 0.25) is 5.02 Å². The Kier molecular flexibility index (Phi) is 2.70. The van der Waals surface area contributed by atoms with E-state index in [9.17, 15) is 4.39 Å². The van der Waals surface area contributed by atoms with E-state index < -0.39 is 6.04 Å². The fourth-order valence-electron chi connectivity index (χ4n) is 1.35. The summed E-state index contributed by atoms with van der Waals surface area (Å²) in [6, 6.07) is 3.55. The number of rotatable bonds is 2. The molecule has 0 amide bonds. The number of nitrogens with zero attached hydrogens (tertiary/aromatic N) is 1. The number of halogens is 2. The van der Waals surface area contributed by atoms with E-state index in [1.165, 1.54) is 18.2 Å². The van der Waals surface area contributed by atoms with Gasteiger partial charge in [0.15, 0.2) is 0 Å². The molecule has 3 nitrogen and oxygen atoms in total. The van der Waals surface area contributed by atoms with Crippen molar-refractivity contribution >= 4 is 11.6 Å². The third kappa shape index (κ3) is 2.00. The van der Waals surface area contributed by atoms with Gasteiger partial charge in [0.2, 0.25) is 0 Å². The van der Waals surface area contributed by atoms with Gasteiger partial charge in [0.05, 0.1) is 6.04 Å². The highest BCUT2D eigenvalue weighted by molar-refractivity contribution is 6.31. The molecule has 1 atom stereocenters. The minimum Gasteiger partial charge on any atom is -0.347 e. The van der Waals surface area contributed by atoms with Crippen LogP contribution in [-0.4, -0.2) is 9.97 Å². The van der Waals surface area contributed by atoms with E-state index in [4.69, 9.17) is 17.3 Å². The van der Waals surface area contributed by atoms with Gasteiger partial charge >= 0.3 is 0 Å². The molecule has 2 aromatic rings. The first kappa shape index (κ1) is 10.1. The molecule has 0 aliphatic carbocycles. The number of aromatic amines is 1. The lowest BCUT2D eigenvalue weighted by Crippen LogP contribution is -2.14. The number of hydrogen-bond donors (Lipinski definition) is 2. The van der Waals surface area contributed by atoms with Gasteiger partial charge in [-0.3, -0.25) is 0 Å². The van der Waals surface area contributed by atoms with Crippen molar-refractivity contribution in [3.05, 3.63) is 52.8 Å². The molecule has 0 bridgehead atoms. The third-order valence-electron chi connectivity index (χ3n) is 2.11. The summed E-state index contributed by atoms with van der Waals surface area (Å²) in [6.07, 6.45) is 3.24. The number of H-pyrrole nitrogens is 1. The van der Waals surface area contributed by atoms with Gasteiger partial charge in [-0.15, -0.1) is 0 Å². The van der Waals surface area contributed by atoms with Crippen LogP contribution in [0.15, 0.2) is 30.6 Å². The normalized spacial score (nSPS) is 12.7. The molecule has 78 valence electrons. The van der Waals surface area contributed by atoms with Crippen LogP contribution < -0.4 is 5.73 Å². The first-order valence-corrected chi connectivity index (χ1v) is 4.76. The highest BCUT2D eigenvalue weighted by Crippen LogP contribution is 2.25. The van der Waals surface area contributed by atoms with Crippen molar-refractivity contribution in [1.82, 2.24) is 9.97 Å². The molecule has 1 aromatic carbocycles. The largest absolute Gasteiger partial charge is 0.347 e. The molecular weight excluding hydrogens is 217 g/mol. The van der Waals surface area contributed by atoms with Crippen LogP contribution in [-0.2, 0) is 0 Å². The zero-order valence-electron chi connectivity index (χ0n) is 7.74. The number of aromatic nitrogens is 2. The SMILES string of the molecule is NC(c1ncc[nH]1)c1cc(F)ccc1Cl. The molecule has 1 aromatic heterocycles. The second-order valence-electron chi connectivity index (χ2n) is 3.12. The van der Waals surface area contributed by atoms with Crippen molar-refractivity contribution in [2.24, 2.45) is 5.73 Å². The van der Waals surface area contributed by atoms with Gasteiger partial charge < -0.3 is 10.7 Å². The Morgan fingerprint density at radius 2 is 2.27 bits per heavy atom. The topological polar surface area (TPSA) is 54.7 Å². The maximum atomic E-state index is 13.0. The zero-order valence-corrected chi connectivity index (χ0v) is 8.50. The molecule has 1 heterocycles. The summed E-state index contributed by atoms with van der Waals surface area (Å²) in [5, 5.41) is 0.431. The number of hydrogen-bond acceptors (Lipinski definition) is 2. The Morgan fingerprint density at radius 1 is 1.47 bits per heavy atom. The minimum absolute atomic E-state index is 0.364. The van der Waals surface area contributed by atoms with Crippen molar-refractivity contribution in [3.63, 3.8) is 0 Å². The lowest BCUT2D eigenvalue weighted by atomic mass is 10.1. The van der Waals surface area contributed by atoms with Gasteiger partial charge in [-0.05, 0) is 23.8 Å². The monoisotopic (exact) mass is 225 g/mol. The van der Waals surface area contributed by atoms with Gasteiger partial charge in [-0.2, -0.15) is 0 Å². The fourth-order valence-corrected chi connectivity index (χ4v) is 1.58. The molecule has 15 heavy (non-hydrogen) atoms. The average Bonchev–Trinajstić information content (AvgIpc) is 2.74. The van der Waals surface area contributed by atoms with Gasteiger partial charge in [0.1, 0.15) is 11.6 Å². The highest BCUT2D eigenvalue weighted by Gasteiger charge is 2.15. The van der Waals surface area contributed by atoms with E-state index >= 15 is 0 Å². The van der Waals surface area contributed by atoms with Crippen molar-refractivity contribution in [1.29, 1.82) is 0 Å². The molecule has 2 rings (SSSR count). The van der Waals surface area contributed by atoms with Crippen LogP contribution in [0.5, 0.6) is 0 Å². The molecule has 0 fully saturated rings. The summed E-state index contributed by atoms with van der Waals surface area (Å²) in [6.45, 7) is 0. The molecule has 3 N–H and O–H groups in total. The molecule has 5 heteroatoms. The summed E-state index contributed by atoms with van der Waals surface area (Å²) < 4.78 is 13.0. The van der Waals surface area contributed by atoms with E-state index in [1.54, 1.807) is 12.4 Å². The molecule has 0 aliphatic heterocycles. The summed E-state index contributed by atoms with van der Waals surface area (Å²) in [4.78, 5) is 6.87. The summed E-state index contributed by atoms with van der Waals surface area (Å²) in [5.74, 6) is 0.193. The lowest BCUT2D eigenvalue weighted by molar-refractivity contribution is 0.622. The van der Waals surface area contributed by atoms with Crippen LogP contribution in [0.25, 0.3) is 0 Å². The molecule has 0 spiro atoms. The van der Waals surface area contributed by atoms with Gasteiger partial charge in [0, 0.05) is 17.4 Å². The van der Waals surface area contributed by atoms with Crippen molar-refractivity contribution in [2.45, 2.75) is 6.04 Å². The lowest BCUT2D eigenvalue weighted by Gasteiger charge is -2.11. The number of benzene rings is 1. The second-order valence-corrected chi connectivity index (χ2v) is 3.53. The number of nitrogens with one attached hydrogen (secondary N) is 1. The summed E-state index contributed by atoms with van der Waals surface area (Å²) >= 11 is 5.92. The Hall–Kier alpha value is -1.39. The van der Waals surface area contributed by atoms with E-state index in [0.717, 1.165) is 0 Å². The standard InChI is InChI=1S/C10H9ClFN3/c11-8-2-1-6(12)5-7(8)9(13)10-14-3-4-15-10/h1-5,9H,13H2,(H,14,15). The van der Waals surface area contributed by atoms with E-state index in [0.29, 0.717) is 16.4 Å². The van der Waals surface area contributed by atoms with E-state index in [1.807, 2.05) is 0 Å². The van der Waals surface area contributed by atoms with Crippen molar-refractivity contribution < 1.29 is 4.39 Å². The van der Waals surface area contributed by atoms with Gasteiger partial charge in [-0.1, -0.05) is 11.6 Å². The zero-order chi connectivity index (χ0) is 10.8. The molecule has 0 saturated heterocycles. The Labute approximate surface area is 91.1 Å². The first-order chi connectivity index (χ1) is 7.18. The highest BCUT2D eigenvalue weighted by atomic mass is 35.5. The van der Waals surface area contributed by atoms with Gasteiger partial charge in [0.25, 0.3) is 0 Å². The van der Waals surface area contributed by atoms with Crippen LogP contribution in [0.4, 0.5) is 4.39 Å². The quantitative estimate of drug-likeness (QED) is 0.824. The van der Waals surface area contributed by atoms with Crippen molar-refractivity contribution in [2.75, 3.05) is 0 Å². The van der Waals surface area contributed by atoms with Crippen LogP contribution in [0.3, 0.4) is 0 Å². The van der Waals surface area contributed by atoms with Crippen LogP contribution in [0, 0.1) is 5.82 Å². The second kappa shape index (κ2) is 4.00. The molecule has 0 radical (unpaired) electrons. The Bertz CT molecular complexity index is 456. The predicted octanol–water partition coefficient (Wildman–Crippen LogP) is 2.25. The maximum Gasteiger partial charge on any atom is 0.127 e. The van der Waals surface area contributed by atoms with Crippen LogP contribution in [0.1, 0.15) is 17.4 Å². The fraction of sp³-hybridized carbons (Fsp3) is 0.100. The van der Waals surface area contributed by atoms with E-state index in [2.05, 4.69) is 9.97 Å². The smallest absolute Gasteiger partial charge is 0.127 e. The molecule has 0 saturated carbocycles. The van der Waals surface area contributed by atoms with Crippen molar-refractivity contribution in [3.8, 4) is 0 Å². The average molecular weight is 226 g/mol.